The van der Waals surface area contributed by atoms with Crippen LogP contribution in [-0.4, -0.2) is 18.1 Å². The quantitative estimate of drug-likeness (QED) is 0.770. The molecule has 0 spiro atoms. The van der Waals surface area contributed by atoms with Gasteiger partial charge in [-0.25, -0.2) is 0 Å². The van der Waals surface area contributed by atoms with Crippen LogP contribution >= 0.6 is 0 Å². The molecule has 1 aliphatic rings. The van der Waals surface area contributed by atoms with Gasteiger partial charge in [0.1, 0.15) is 0 Å². The summed E-state index contributed by atoms with van der Waals surface area (Å²) < 4.78 is 0. The average Bonchev–Trinajstić information content (AvgIpc) is 2.68. The molecule has 2 heterocycles. The molecule has 1 aliphatic heterocycles. The molecule has 0 atom stereocenters. The number of rotatable bonds is 1. The van der Waals surface area contributed by atoms with Crippen LogP contribution in [0.5, 0.6) is 0 Å². The highest BCUT2D eigenvalue weighted by molar-refractivity contribution is 5.85. The second-order valence-electron chi connectivity index (χ2n) is 5.24. The van der Waals surface area contributed by atoms with Crippen molar-refractivity contribution in [1.29, 1.82) is 0 Å². The molecule has 3 rings (SSSR count). The first-order chi connectivity index (χ1) is 8.25. The summed E-state index contributed by atoms with van der Waals surface area (Å²) in [6, 6.07) is 6.69. The minimum Gasteiger partial charge on any atom is -0.358 e. The van der Waals surface area contributed by atoms with Crippen LogP contribution in [-0.2, 0) is 0 Å². The zero-order chi connectivity index (χ0) is 11.8. The van der Waals surface area contributed by atoms with Crippen LogP contribution in [0.2, 0.25) is 0 Å². The van der Waals surface area contributed by atoms with E-state index < -0.39 is 0 Å². The fourth-order valence-corrected chi connectivity index (χ4v) is 2.98. The lowest BCUT2D eigenvalue weighted by atomic mass is 9.92. The van der Waals surface area contributed by atoms with E-state index in [9.17, 15) is 0 Å². The lowest BCUT2D eigenvalue weighted by Gasteiger charge is -2.22. The minimum absolute atomic E-state index is 0.712. The van der Waals surface area contributed by atoms with Crippen LogP contribution in [0.3, 0.4) is 0 Å². The molecule has 1 saturated heterocycles. The van der Waals surface area contributed by atoms with Crippen LogP contribution in [0.15, 0.2) is 18.2 Å². The van der Waals surface area contributed by atoms with Crippen LogP contribution < -0.4 is 5.32 Å². The predicted octanol–water partition coefficient (Wildman–Crippen LogP) is 3.25. The van der Waals surface area contributed by atoms with Gasteiger partial charge in [0.05, 0.1) is 0 Å². The summed E-state index contributed by atoms with van der Waals surface area (Å²) in [7, 11) is 0. The molecule has 0 saturated carbocycles. The number of H-pyrrole nitrogens is 1. The molecule has 90 valence electrons. The van der Waals surface area contributed by atoms with Crippen LogP contribution in [0.25, 0.3) is 10.9 Å². The van der Waals surface area contributed by atoms with E-state index in [2.05, 4.69) is 42.3 Å². The molecule has 2 aromatic rings. The van der Waals surface area contributed by atoms with Gasteiger partial charge in [-0.3, -0.25) is 0 Å². The Hall–Kier alpha value is -1.28. The van der Waals surface area contributed by atoms with E-state index in [1.54, 1.807) is 0 Å². The summed E-state index contributed by atoms with van der Waals surface area (Å²) in [4.78, 5) is 3.63. The van der Waals surface area contributed by atoms with E-state index in [0.717, 1.165) is 13.1 Å². The van der Waals surface area contributed by atoms with Crippen molar-refractivity contribution in [2.24, 2.45) is 0 Å². The van der Waals surface area contributed by atoms with Gasteiger partial charge in [-0.15, -0.1) is 0 Å². The highest BCUT2D eigenvalue weighted by Gasteiger charge is 2.19. The Kier molecular flexibility index (Phi) is 2.67. The molecular formula is C15H20N2. The summed E-state index contributed by atoms with van der Waals surface area (Å²) in [6.45, 7) is 6.72. The van der Waals surface area contributed by atoms with Crippen molar-refractivity contribution in [3.63, 3.8) is 0 Å². The Labute approximate surface area is 102 Å². The van der Waals surface area contributed by atoms with Gasteiger partial charge < -0.3 is 10.3 Å². The van der Waals surface area contributed by atoms with Crippen molar-refractivity contribution in [3.8, 4) is 0 Å². The second-order valence-corrected chi connectivity index (χ2v) is 5.24. The smallest absolute Gasteiger partial charge is 0.0459 e. The van der Waals surface area contributed by atoms with Gasteiger partial charge >= 0.3 is 0 Å². The number of aromatic nitrogens is 1. The molecule has 2 nitrogen and oxygen atoms in total. The molecule has 0 aliphatic carbocycles. The summed E-state index contributed by atoms with van der Waals surface area (Å²) in [6.07, 6.45) is 2.51. The number of piperidine rings is 1. The zero-order valence-electron chi connectivity index (χ0n) is 10.6. The number of benzene rings is 1. The van der Waals surface area contributed by atoms with Crippen LogP contribution in [0.1, 0.15) is 35.6 Å². The van der Waals surface area contributed by atoms with Gasteiger partial charge in [0.2, 0.25) is 0 Å². The number of hydrogen-bond acceptors (Lipinski definition) is 1. The topological polar surface area (TPSA) is 27.8 Å². The van der Waals surface area contributed by atoms with Crippen molar-refractivity contribution in [3.05, 3.63) is 35.0 Å². The molecule has 2 N–H and O–H groups in total. The Morgan fingerprint density at radius 3 is 2.65 bits per heavy atom. The van der Waals surface area contributed by atoms with Crippen molar-refractivity contribution in [1.82, 2.24) is 10.3 Å². The molecule has 1 aromatic carbocycles. The maximum absolute atomic E-state index is 3.63. The Balaban J connectivity index is 2.07. The van der Waals surface area contributed by atoms with Crippen LogP contribution in [0.4, 0.5) is 0 Å². The molecule has 0 radical (unpaired) electrons. The van der Waals surface area contributed by atoms with E-state index in [0.29, 0.717) is 5.92 Å². The second kappa shape index (κ2) is 4.19. The standard InChI is InChI=1S/C15H20N2/c1-10-3-4-14-13(9-10)11(2)15(17-14)12-5-7-16-8-6-12/h3-4,9,12,16-17H,5-8H2,1-2H3. The summed E-state index contributed by atoms with van der Waals surface area (Å²) in [5, 5.41) is 4.83. The monoisotopic (exact) mass is 228 g/mol. The molecule has 1 fully saturated rings. The number of aryl methyl sites for hydroxylation is 2. The van der Waals surface area contributed by atoms with E-state index in [1.807, 2.05) is 0 Å². The minimum atomic E-state index is 0.712. The fourth-order valence-electron chi connectivity index (χ4n) is 2.98. The summed E-state index contributed by atoms with van der Waals surface area (Å²) >= 11 is 0. The van der Waals surface area contributed by atoms with Crippen molar-refractivity contribution in [2.45, 2.75) is 32.6 Å². The largest absolute Gasteiger partial charge is 0.358 e. The first kappa shape index (κ1) is 10.8. The molecular weight excluding hydrogens is 208 g/mol. The molecule has 17 heavy (non-hydrogen) atoms. The van der Waals surface area contributed by atoms with Crippen molar-refractivity contribution in [2.75, 3.05) is 13.1 Å². The van der Waals surface area contributed by atoms with Gasteiger partial charge in [-0.2, -0.15) is 0 Å². The highest BCUT2D eigenvalue weighted by Crippen LogP contribution is 2.32. The van der Waals surface area contributed by atoms with Gasteiger partial charge in [-0.05, 0) is 57.5 Å². The van der Waals surface area contributed by atoms with Gasteiger partial charge in [0.25, 0.3) is 0 Å². The molecule has 0 bridgehead atoms. The van der Waals surface area contributed by atoms with Crippen molar-refractivity contribution < 1.29 is 0 Å². The summed E-state index contributed by atoms with van der Waals surface area (Å²) in [5.74, 6) is 0.712. The molecule has 0 unspecified atom stereocenters. The van der Waals surface area contributed by atoms with E-state index >= 15 is 0 Å². The Bertz CT molecular complexity index is 533. The maximum Gasteiger partial charge on any atom is 0.0459 e. The number of fused-ring (bicyclic) bond motifs is 1. The third-order valence-corrected chi connectivity index (χ3v) is 4.00. The number of aromatic amines is 1. The van der Waals surface area contributed by atoms with Gasteiger partial charge in [0.15, 0.2) is 0 Å². The average molecular weight is 228 g/mol. The highest BCUT2D eigenvalue weighted by atomic mass is 14.9. The SMILES string of the molecule is Cc1ccc2[nH]c(C3CCNCC3)c(C)c2c1. The predicted molar refractivity (Wildman–Crippen MR) is 72.6 cm³/mol. The third kappa shape index (κ3) is 1.87. The third-order valence-electron chi connectivity index (χ3n) is 4.00. The van der Waals surface area contributed by atoms with Crippen molar-refractivity contribution >= 4 is 10.9 Å². The van der Waals surface area contributed by atoms with E-state index in [-0.39, 0.29) is 0 Å². The lowest BCUT2D eigenvalue weighted by Crippen LogP contribution is -2.27. The zero-order valence-corrected chi connectivity index (χ0v) is 10.6. The normalized spacial score (nSPS) is 17.8. The van der Waals surface area contributed by atoms with Gasteiger partial charge in [-0.1, -0.05) is 11.6 Å². The van der Waals surface area contributed by atoms with E-state index in [4.69, 9.17) is 0 Å². The Morgan fingerprint density at radius 2 is 1.88 bits per heavy atom. The Morgan fingerprint density at radius 1 is 1.12 bits per heavy atom. The molecule has 1 aromatic heterocycles. The number of nitrogens with one attached hydrogen (secondary N) is 2. The molecule has 2 heteroatoms. The summed E-state index contributed by atoms with van der Waals surface area (Å²) in [5.41, 5.74) is 5.56. The molecule has 0 amide bonds. The van der Waals surface area contributed by atoms with E-state index in [1.165, 1.54) is 40.6 Å². The first-order valence-corrected chi connectivity index (χ1v) is 6.55. The van der Waals surface area contributed by atoms with Crippen LogP contribution in [0, 0.1) is 13.8 Å². The lowest BCUT2D eigenvalue weighted by molar-refractivity contribution is 0.454. The fraction of sp³-hybridized carbons (Fsp3) is 0.467. The van der Waals surface area contributed by atoms with Gasteiger partial charge in [0, 0.05) is 22.5 Å². The number of hydrogen-bond donors (Lipinski definition) is 2. The first-order valence-electron chi connectivity index (χ1n) is 6.55. The maximum atomic E-state index is 3.63.